The van der Waals surface area contributed by atoms with Crippen LogP contribution in [0.1, 0.15) is 39.3 Å². The van der Waals surface area contributed by atoms with Crippen molar-refractivity contribution in [3.05, 3.63) is 70.2 Å². The van der Waals surface area contributed by atoms with Gasteiger partial charge in [-0.15, -0.1) is 0 Å². The Balaban J connectivity index is 1.84. The van der Waals surface area contributed by atoms with Gasteiger partial charge in [0, 0.05) is 29.9 Å². The monoisotopic (exact) mass is 343 g/mol. The predicted octanol–water partition coefficient (Wildman–Crippen LogP) is 3.69. The molecule has 0 unspecified atom stereocenters. The minimum absolute atomic E-state index is 0.793. The minimum Gasteiger partial charge on any atom is -0.241 e. The van der Waals surface area contributed by atoms with Crippen LogP contribution in [0, 0.1) is 27.7 Å². The van der Waals surface area contributed by atoms with Crippen molar-refractivity contribution in [2.24, 2.45) is 7.05 Å². The van der Waals surface area contributed by atoms with Crippen molar-refractivity contribution in [1.29, 1.82) is 0 Å². The first kappa shape index (κ1) is 16.6. The van der Waals surface area contributed by atoms with Crippen molar-refractivity contribution < 1.29 is 4.57 Å². The Hall–Kier alpha value is -2.88. The van der Waals surface area contributed by atoms with E-state index >= 15 is 0 Å². The van der Waals surface area contributed by atoms with Gasteiger partial charge in [0.05, 0.1) is 12.6 Å². The normalized spacial score (nSPS) is 12.9. The van der Waals surface area contributed by atoms with E-state index in [1.165, 1.54) is 39.1 Å². The summed E-state index contributed by atoms with van der Waals surface area (Å²) in [5.41, 5.74) is 11.1. The molecule has 0 radical (unpaired) electrons. The largest absolute Gasteiger partial charge is 0.287 e. The molecule has 4 heteroatoms. The van der Waals surface area contributed by atoms with E-state index in [1.54, 1.807) is 0 Å². The summed E-state index contributed by atoms with van der Waals surface area (Å²) in [7, 11) is 2.08. The number of fused-ring (bicyclic) bond motifs is 1. The third kappa shape index (κ3) is 2.71. The number of nitrogens with zero attached hydrogens (tertiary/aromatic N) is 4. The lowest BCUT2D eigenvalue weighted by Gasteiger charge is -2.13. The molecule has 1 aliphatic carbocycles. The summed E-state index contributed by atoms with van der Waals surface area (Å²) >= 11 is 0. The Bertz CT molecular complexity index is 1050. The highest BCUT2D eigenvalue weighted by molar-refractivity contribution is 5.89. The van der Waals surface area contributed by atoms with E-state index in [4.69, 9.17) is 0 Å². The zero-order chi connectivity index (χ0) is 18.4. The molecule has 4 rings (SSSR count). The molecular formula is C22H23N4+. The fraction of sp³-hybridized carbons (Fsp3) is 0.273. The lowest BCUT2D eigenvalue weighted by Crippen LogP contribution is -2.33. The van der Waals surface area contributed by atoms with Crippen molar-refractivity contribution in [3.8, 4) is 11.3 Å². The van der Waals surface area contributed by atoms with Gasteiger partial charge in [-0.1, -0.05) is 11.6 Å². The number of hydrogen-bond acceptors (Lipinski definition) is 3. The lowest BCUT2D eigenvalue weighted by molar-refractivity contribution is -0.663. The molecule has 0 spiro atoms. The average molecular weight is 343 g/mol. The van der Waals surface area contributed by atoms with Crippen molar-refractivity contribution in [2.75, 3.05) is 0 Å². The molecule has 2 aromatic heterocycles. The Morgan fingerprint density at radius 1 is 0.962 bits per heavy atom. The van der Waals surface area contributed by atoms with Crippen LogP contribution in [0.25, 0.3) is 22.9 Å². The quantitative estimate of drug-likeness (QED) is 0.667. The second-order valence-electron chi connectivity index (χ2n) is 7.19. The summed E-state index contributed by atoms with van der Waals surface area (Å²) in [5.74, 6) is 0.793. The maximum Gasteiger partial charge on any atom is 0.287 e. The van der Waals surface area contributed by atoms with E-state index in [9.17, 15) is 0 Å². The summed E-state index contributed by atoms with van der Waals surface area (Å²) in [4.78, 5) is 13.3. The lowest BCUT2D eigenvalue weighted by atomic mass is 9.94. The highest BCUT2D eigenvalue weighted by atomic mass is 15.0. The first-order valence-electron chi connectivity index (χ1n) is 8.89. The smallest absolute Gasteiger partial charge is 0.241 e. The molecule has 0 aliphatic heterocycles. The van der Waals surface area contributed by atoms with Crippen LogP contribution in [-0.4, -0.2) is 15.0 Å². The molecule has 1 aliphatic rings. The fourth-order valence-corrected chi connectivity index (χ4v) is 3.71. The third-order valence-corrected chi connectivity index (χ3v) is 5.21. The van der Waals surface area contributed by atoms with Crippen LogP contribution >= 0.6 is 0 Å². The van der Waals surface area contributed by atoms with E-state index < -0.39 is 0 Å². The Morgan fingerprint density at radius 2 is 1.69 bits per heavy atom. The molecule has 0 N–H and O–H groups in total. The number of aryl methyl sites for hydroxylation is 4. The number of allylic oxidation sites excluding steroid dienone is 1. The van der Waals surface area contributed by atoms with Gasteiger partial charge in [0.25, 0.3) is 6.33 Å². The van der Waals surface area contributed by atoms with Gasteiger partial charge in [0.2, 0.25) is 0 Å². The van der Waals surface area contributed by atoms with Crippen molar-refractivity contribution in [1.82, 2.24) is 15.0 Å². The number of hydrogen-bond donors (Lipinski definition) is 0. The van der Waals surface area contributed by atoms with E-state index in [0.717, 1.165) is 23.5 Å². The maximum atomic E-state index is 4.66. The number of benzene rings is 1. The molecule has 3 aromatic rings. The van der Waals surface area contributed by atoms with Gasteiger partial charge in [-0.2, -0.15) is 0 Å². The molecule has 1 aromatic carbocycles. The van der Waals surface area contributed by atoms with Gasteiger partial charge in [-0.25, -0.2) is 14.5 Å². The van der Waals surface area contributed by atoms with E-state index in [-0.39, 0.29) is 0 Å². The zero-order valence-electron chi connectivity index (χ0n) is 16.0. The average Bonchev–Trinajstić information content (AvgIpc) is 3.03. The van der Waals surface area contributed by atoms with E-state index in [2.05, 4.69) is 65.5 Å². The molecule has 0 atom stereocenters. The summed E-state index contributed by atoms with van der Waals surface area (Å²) in [6, 6.07) is 4.53. The molecule has 130 valence electrons. The Morgan fingerprint density at radius 3 is 2.42 bits per heavy atom. The molecule has 0 fully saturated rings. The molecule has 2 heterocycles. The van der Waals surface area contributed by atoms with Crippen molar-refractivity contribution in [2.45, 2.75) is 34.1 Å². The molecule has 0 amide bonds. The first-order valence-corrected chi connectivity index (χ1v) is 8.89. The van der Waals surface area contributed by atoms with Crippen LogP contribution in [0.5, 0.6) is 0 Å². The summed E-state index contributed by atoms with van der Waals surface area (Å²) < 4.78 is 2.14. The minimum atomic E-state index is 0.793. The summed E-state index contributed by atoms with van der Waals surface area (Å²) in [6.45, 7) is 8.45. The van der Waals surface area contributed by atoms with Gasteiger partial charge >= 0.3 is 0 Å². The second kappa shape index (κ2) is 6.13. The van der Waals surface area contributed by atoms with Crippen molar-refractivity contribution in [3.63, 3.8) is 0 Å². The molecular weight excluding hydrogens is 320 g/mol. The molecule has 4 nitrogen and oxygen atoms in total. The number of aromatic nitrogens is 4. The van der Waals surface area contributed by atoms with Gasteiger partial charge < -0.3 is 0 Å². The molecule has 0 saturated carbocycles. The van der Waals surface area contributed by atoms with Gasteiger partial charge in [-0.05, 0) is 61.5 Å². The van der Waals surface area contributed by atoms with Gasteiger partial charge in [-0.3, -0.25) is 0 Å². The Labute approximate surface area is 154 Å². The summed E-state index contributed by atoms with van der Waals surface area (Å²) in [6.07, 6.45) is 8.75. The van der Waals surface area contributed by atoms with Gasteiger partial charge in [0.15, 0.2) is 5.69 Å². The van der Waals surface area contributed by atoms with Crippen LogP contribution in [0.3, 0.4) is 0 Å². The van der Waals surface area contributed by atoms with Crippen LogP contribution in [0.15, 0.2) is 30.9 Å². The van der Waals surface area contributed by atoms with Crippen LogP contribution in [-0.2, 0) is 13.5 Å². The van der Waals surface area contributed by atoms with Gasteiger partial charge in [0.1, 0.15) is 11.5 Å². The zero-order valence-corrected chi connectivity index (χ0v) is 16.0. The maximum absolute atomic E-state index is 4.66. The second-order valence-corrected chi connectivity index (χ2v) is 7.19. The van der Waals surface area contributed by atoms with Crippen molar-refractivity contribution >= 4 is 11.6 Å². The predicted molar refractivity (Wildman–Crippen MR) is 103 cm³/mol. The van der Waals surface area contributed by atoms with Crippen LogP contribution < -0.4 is 4.57 Å². The first-order chi connectivity index (χ1) is 12.4. The van der Waals surface area contributed by atoms with Crippen LogP contribution in [0.2, 0.25) is 0 Å². The topological polar surface area (TPSA) is 42.5 Å². The highest BCUT2D eigenvalue weighted by Gasteiger charge is 2.27. The molecule has 26 heavy (non-hydrogen) atoms. The Kier molecular flexibility index (Phi) is 3.91. The fourth-order valence-electron chi connectivity index (χ4n) is 3.71. The standard InChI is InChI=1S/C22H23N4/c1-13-6-14(2)15(3)19(7-13)22-20-8-17(9-21(20)25-12-26(22)5)18-10-23-16(4)24-11-18/h6-7,9-12H,8H2,1-5H3/q+1. The third-order valence-electron chi connectivity index (χ3n) is 5.21. The summed E-state index contributed by atoms with van der Waals surface area (Å²) in [5, 5.41) is 0. The van der Waals surface area contributed by atoms with Crippen LogP contribution in [0.4, 0.5) is 0 Å². The molecule has 0 bridgehead atoms. The SMILES string of the molecule is Cc1cc(C)c(C)c(-c2c3c(nc[n+]2C)C=C(c2cnc(C)nc2)C3)c1. The number of rotatable bonds is 2. The molecule has 0 saturated heterocycles. The highest BCUT2D eigenvalue weighted by Crippen LogP contribution is 2.36. The van der Waals surface area contributed by atoms with E-state index in [0.29, 0.717) is 0 Å². The van der Waals surface area contributed by atoms with E-state index in [1.807, 2.05) is 25.6 Å².